The standard InChI is InChI=1S/C21H19NO5/c1-22(16-8-4-2-5-9-16)20(23)15-26-21(24)19-13-12-18(27-19)14-25-17-10-6-3-7-11-17/h2-13H,14-15H2,1H3. The molecule has 0 radical (unpaired) electrons. The number of nitrogens with zero attached hydrogens (tertiary/aromatic N) is 1. The molecule has 3 aromatic rings. The van der Waals surface area contributed by atoms with Crippen molar-refractivity contribution in [3.05, 3.63) is 84.3 Å². The molecule has 0 bridgehead atoms. The molecule has 1 heterocycles. The number of benzene rings is 2. The van der Waals surface area contributed by atoms with E-state index in [0.29, 0.717) is 11.5 Å². The third kappa shape index (κ3) is 4.98. The number of anilines is 1. The number of ether oxygens (including phenoxy) is 2. The Bertz CT molecular complexity index is 889. The highest BCUT2D eigenvalue weighted by atomic mass is 16.6. The van der Waals surface area contributed by atoms with Crippen LogP contribution in [0.5, 0.6) is 5.75 Å². The average molecular weight is 365 g/mol. The van der Waals surface area contributed by atoms with Crippen molar-refractivity contribution in [2.24, 2.45) is 0 Å². The first-order chi connectivity index (χ1) is 13.1. The van der Waals surface area contributed by atoms with E-state index in [0.717, 1.165) is 5.69 Å². The summed E-state index contributed by atoms with van der Waals surface area (Å²) in [5, 5.41) is 0. The van der Waals surface area contributed by atoms with Crippen molar-refractivity contribution in [2.75, 3.05) is 18.6 Å². The van der Waals surface area contributed by atoms with Gasteiger partial charge in [-0.3, -0.25) is 4.79 Å². The van der Waals surface area contributed by atoms with Crippen LogP contribution in [0, 0.1) is 0 Å². The Kier molecular flexibility index (Phi) is 5.89. The fraction of sp³-hybridized carbons (Fsp3) is 0.143. The van der Waals surface area contributed by atoms with Crippen molar-refractivity contribution in [2.45, 2.75) is 6.61 Å². The van der Waals surface area contributed by atoms with Gasteiger partial charge in [-0.25, -0.2) is 4.79 Å². The van der Waals surface area contributed by atoms with Crippen molar-refractivity contribution < 1.29 is 23.5 Å². The highest BCUT2D eigenvalue weighted by Gasteiger charge is 2.17. The van der Waals surface area contributed by atoms with Crippen LogP contribution in [-0.4, -0.2) is 25.5 Å². The zero-order valence-corrected chi connectivity index (χ0v) is 14.8. The number of amides is 1. The summed E-state index contributed by atoms with van der Waals surface area (Å²) in [6.45, 7) is -0.187. The van der Waals surface area contributed by atoms with Crippen LogP contribution in [0.1, 0.15) is 16.3 Å². The topological polar surface area (TPSA) is 69.0 Å². The smallest absolute Gasteiger partial charge is 0.374 e. The fourth-order valence-corrected chi connectivity index (χ4v) is 2.33. The van der Waals surface area contributed by atoms with E-state index in [1.807, 2.05) is 48.5 Å². The molecule has 0 saturated carbocycles. The zero-order chi connectivity index (χ0) is 19.1. The van der Waals surface area contributed by atoms with Crippen molar-refractivity contribution in [3.8, 4) is 5.75 Å². The number of furan rings is 1. The monoisotopic (exact) mass is 365 g/mol. The third-order valence-electron chi connectivity index (χ3n) is 3.83. The number of rotatable bonds is 7. The maximum atomic E-state index is 12.1. The molecule has 0 saturated heterocycles. The Morgan fingerprint density at radius 3 is 2.30 bits per heavy atom. The van der Waals surface area contributed by atoms with Crippen LogP contribution < -0.4 is 9.64 Å². The predicted molar refractivity (Wildman–Crippen MR) is 99.6 cm³/mol. The second kappa shape index (κ2) is 8.71. The zero-order valence-electron chi connectivity index (χ0n) is 14.8. The van der Waals surface area contributed by atoms with Crippen LogP contribution >= 0.6 is 0 Å². The van der Waals surface area contributed by atoms with E-state index in [4.69, 9.17) is 13.9 Å². The van der Waals surface area contributed by atoms with Crippen molar-refractivity contribution in [1.29, 1.82) is 0 Å². The molecule has 2 aromatic carbocycles. The largest absolute Gasteiger partial charge is 0.486 e. The first-order valence-electron chi connectivity index (χ1n) is 8.39. The van der Waals surface area contributed by atoms with Crippen LogP contribution in [0.3, 0.4) is 0 Å². The molecule has 6 nitrogen and oxygen atoms in total. The Morgan fingerprint density at radius 1 is 0.926 bits per heavy atom. The number of carbonyl (C=O) groups is 2. The van der Waals surface area contributed by atoms with Gasteiger partial charge in [0.05, 0.1) is 0 Å². The van der Waals surface area contributed by atoms with Crippen molar-refractivity contribution >= 4 is 17.6 Å². The minimum Gasteiger partial charge on any atom is -0.486 e. The summed E-state index contributed by atoms with van der Waals surface area (Å²) < 4.78 is 16.0. The maximum absolute atomic E-state index is 12.1. The van der Waals surface area contributed by atoms with Gasteiger partial charge in [-0.05, 0) is 36.4 Å². The van der Waals surface area contributed by atoms with Crippen LogP contribution in [0.25, 0.3) is 0 Å². The molecule has 0 aliphatic heterocycles. The average Bonchev–Trinajstić information content (AvgIpc) is 3.20. The first-order valence-corrected chi connectivity index (χ1v) is 8.39. The lowest BCUT2D eigenvalue weighted by Crippen LogP contribution is -2.31. The van der Waals surface area contributed by atoms with Gasteiger partial charge in [-0.1, -0.05) is 36.4 Å². The lowest BCUT2D eigenvalue weighted by molar-refractivity contribution is -0.121. The van der Waals surface area contributed by atoms with Gasteiger partial charge in [0.15, 0.2) is 6.61 Å². The molecule has 0 atom stereocenters. The van der Waals surface area contributed by atoms with E-state index in [2.05, 4.69) is 0 Å². The number of para-hydroxylation sites is 2. The van der Waals surface area contributed by atoms with Gasteiger partial charge >= 0.3 is 5.97 Å². The molecule has 0 unspecified atom stereocenters. The molecule has 1 aromatic heterocycles. The molecule has 1 amide bonds. The normalized spacial score (nSPS) is 10.3. The number of hydrogen-bond acceptors (Lipinski definition) is 5. The lowest BCUT2D eigenvalue weighted by Gasteiger charge is -2.16. The lowest BCUT2D eigenvalue weighted by atomic mass is 10.3. The van der Waals surface area contributed by atoms with E-state index in [9.17, 15) is 9.59 Å². The van der Waals surface area contributed by atoms with Gasteiger partial charge in [0.2, 0.25) is 5.76 Å². The Morgan fingerprint density at radius 2 is 1.59 bits per heavy atom. The van der Waals surface area contributed by atoms with Crippen LogP contribution in [0.4, 0.5) is 5.69 Å². The summed E-state index contributed by atoms with van der Waals surface area (Å²) in [6, 6.07) is 21.5. The SMILES string of the molecule is CN(C(=O)COC(=O)c1ccc(COc2ccccc2)o1)c1ccccc1. The summed E-state index contributed by atoms with van der Waals surface area (Å²) in [5.74, 6) is 0.174. The molecule has 0 aliphatic rings. The fourth-order valence-electron chi connectivity index (χ4n) is 2.33. The molecule has 138 valence electrons. The number of likely N-dealkylation sites (N-methyl/N-ethyl adjacent to an activating group) is 1. The predicted octanol–water partition coefficient (Wildman–Crippen LogP) is 3.68. The van der Waals surface area contributed by atoms with Gasteiger partial charge in [-0.15, -0.1) is 0 Å². The van der Waals surface area contributed by atoms with Gasteiger partial charge in [0.1, 0.15) is 18.1 Å². The van der Waals surface area contributed by atoms with E-state index in [1.165, 1.54) is 11.0 Å². The summed E-state index contributed by atoms with van der Waals surface area (Å²) in [6.07, 6.45) is 0. The van der Waals surface area contributed by atoms with Crippen molar-refractivity contribution in [3.63, 3.8) is 0 Å². The Labute approximate surface area is 156 Å². The Hall–Kier alpha value is -3.54. The minimum absolute atomic E-state index is 0.0248. The third-order valence-corrected chi connectivity index (χ3v) is 3.83. The molecule has 0 aliphatic carbocycles. The first kappa shape index (κ1) is 18.3. The van der Waals surface area contributed by atoms with Gasteiger partial charge in [0, 0.05) is 12.7 Å². The second-order valence-corrected chi connectivity index (χ2v) is 5.73. The molecule has 0 spiro atoms. The number of esters is 1. The van der Waals surface area contributed by atoms with Gasteiger partial charge in [0.25, 0.3) is 5.91 Å². The summed E-state index contributed by atoms with van der Waals surface area (Å²) in [4.78, 5) is 25.6. The second-order valence-electron chi connectivity index (χ2n) is 5.73. The van der Waals surface area contributed by atoms with Crippen LogP contribution in [-0.2, 0) is 16.1 Å². The number of hydrogen-bond donors (Lipinski definition) is 0. The van der Waals surface area contributed by atoms with Crippen LogP contribution in [0.15, 0.2) is 77.2 Å². The highest BCUT2D eigenvalue weighted by Crippen LogP contribution is 2.15. The maximum Gasteiger partial charge on any atom is 0.374 e. The molecule has 0 N–H and O–H groups in total. The minimum atomic E-state index is -0.698. The van der Waals surface area contributed by atoms with E-state index >= 15 is 0 Å². The molecule has 6 heteroatoms. The molecule has 27 heavy (non-hydrogen) atoms. The van der Waals surface area contributed by atoms with E-state index in [1.54, 1.807) is 25.2 Å². The highest BCUT2D eigenvalue weighted by molar-refractivity contribution is 5.96. The van der Waals surface area contributed by atoms with Crippen molar-refractivity contribution in [1.82, 2.24) is 0 Å². The number of carbonyl (C=O) groups excluding carboxylic acids is 2. The molecule has 0 fully saturated rings. The van der Waals surface area contributed by atoms with Gasteiger partial charge in [-0.2, -0.15) is 0 Å². The quantitative estimate of drug-likeness (QED) is 0.598. The van der Waals surface area contributed by atoms with E-state index < -0.39 is 5.97 Å². The molecular formula is C21H19NO5. The summed E-state index contributed by atoms with van der Waals surface area (Å²) in [5.41, 5.74) is 0.719. The summed E-state index contributed by atoms with van der Waals surface area (Å²) >= 11 is 0. The van der Waals surface area contributed by atoms with Crippen LogP contribution in [0.2, 0.25) is 0 Å². The molecular weight excluding hydrogens is 346 g/mol. The van der Waals surface area contributed by atoms with Gasteiger partial charge < -0.3 is 18.8 Å². The Balaban J connectivity index is 1.50. The summed E-state index contributed by atoms with van der Waals surface area (Å²) in [7, 11) is 1.62. The van der Waals surface area contributed by atoms with E-state index in [-0.39, 0.29) is 24.9 Å². The molecule has 3 rings (SSSR count).